The Hall–Kier alpha value is -4.12. The number of thioether (sulfide) groups is 1. The Morgan fingerprint density at radius 1 is 0.789 bits per heavy atom. The molecule has 8 nitrogen and oxygen atoms in total. The van der Waals surface area contributed by atoms with Crippen LogP contribution in [0.1, 0.15) is 10.8 Å². The molecule has 0 aliphatic heterocycles. The summed E-state index contributed by atoms with van der Waals surface area (Å²) < 4.78 is 28.5. The molecule has 194 valence electrons. The fourth-order valence-corrected chi connectivity index (χ4v) is 5.08. The van der Waals surface area contributed by atoms with E-state index in [2.05, 4.69) is 10.6 Å². The summed E-state index contributed by atoms with van der Waals surface area (Å²) in [7, 11) is -3.83. The summed E-state index contributed by atoms with van der Waals surface area (Å²) in [6.07, 6.45) is 0. The summed E-state index contributed by atoms with van der Waals surface area (Å²) in [5.74, 6) is -0.00508. The molecule has 4 N–H and O–H groups in total. The number of nitrogens with two attached hydrogens (primary N) is 1. The van der Waals surface area contributed by atoms with Crippen LogP contribution in [0, 0.1) is 0 Å². The number of carbonyl (C=O) groups excluding carboxylic acids is 2. The first kappa shape index (κ1) is 26.9. The van der Waals surface area contributed by atoms with Crippen molar-refractivity contribution in [3.05, 3.63) is 115 Å². The first-order valence-electron chi connectivity index (χ1n) is 11.5. The molecule has 0 aromatic heterocycles. The molecule has 4 aromatic rings. The highest BCUT2D eigenvalue weighted by Gasteiger charge is 2.23. The van der Waals surface area contributed by atoms with Gasteiger partial charge in [-0.2, -0.15) is 0 Å². The molecule has 0 bridgehead atoms. The second-order valence-electron chi connectivity index (χ2n) is 8.14. The fraction of sp³-hybridized carbons (Fsp3) is 0.0714. The van der Waals surface area contributed by atoms with Gasteiger partial charge in [0.2, 0.25) is 15.9 Å². The van der Waals surface area contributed by atoms with Crippen molar-refractivity contribution in [2.75, 3.05) is 17.2 Å². The Bertz CT molecular complexity index is 1500. The van der Waals surface area contributed by atoms with Gasteiger partial charge in [0.15, 0.2) is 6.61 Å². The zero-order chi connectivity index (χ0) is 27.0. The molecule has 4 rings (SSSR count). The molecule has 10 heteroatoms. The molecule has 0 fully saturated rings. The van der Waals surface area contributed by atoms with Crippen molar-refractivity contribution in [2.45, 2.75) is 15.0 Å². The van der Waals surface area contributed by atoms with E-state index in [0.29, 0.717) is 17.1 Å². The average Bonchev–Trinajstić information content (AvgIpc) is 2.91. The van der Waals surface area contributed by atoms with Crippen molar-refractivity contribution in [3.63, 3.8) is 0 Å². The van der Waals surface area contributed by atoms with Crippen molar-refractivity contribution in [2.24, 2.45) is 5.14 Å². The van der Waals surface area contributed by atoms with Crippen LogP contribution in [0.15, 0.2) is 119 Å². The monoisotopic (exact) mass is 547 g/mol. The van der Waals surface area contributed by atoms with E-state index in [1.54, 1.807) is 30.3 Å². The average molecular weight is 548 g/mol. The Morgan fingerprint density at radius 3 is 2.11 bits per heavy atom. The minimum Gasteiger partial charge on any atom is -0.484 e. The second kappa shape index (κ2) is 12.4. The number of carbonyl (C=O) groups is 2. The van der Waals surface area contributed by atoms with Crippen LogP contribution in [0.3, 0.4) is 0 Å². The molecule has 0 radical (unpaired) electrons. The predicted molar refractivity (Wildman–Crippen MR) is 148 cm³/mol. The van der Waals surface area contributed by atoms with E-state index in [-0.39, 0.29) is 23.3 Å². The number of hydrogen-bond donors (Lipinski definition) is 3. The van der Waals surface area contributed by atoms with Gasteiger partial charge in [-0.1, -0.05) is 54.6 Å². The number of amides is 2. The highest BCUT2D eigenvalue weighted by Crippen LogP contribution is 2.37. The number of nitrogens with one attached hydrogen (secondary N) is 2. The fourth-order valence-electron chi connectivity index (χ4n) is 3.48. The van der Waals surface area contributed by atoms with Crippen molar-refractivity contribution < 1.29 is 22.7 Å². The summed E-state index contributed by atoms with van der Waals surface area (Å²) in [5, 5.41) is 10.2. The molecule has 0 saturated heterocycles. The van der Waals surface area contributed by atoms with Crippen LogP contribution in [-0.4, -0.2) is 26.8 Å². The van der Waals surface area contributed by atoms with Crippen molar-refractivity contribution in [1.82, 2.24) is 0 Å². The van der Waals surface area contributed by atoms with E-state index in [1.165, 1.54) is 36.0 Å². The van der Waals surface area contributed by atoms with Crippen LogP contribution in [0.2, 0.25) is 0 Å². The van der Waals surface area contributed by atoms with Crippen LogP contribution >= 0.6 is 11.8 Å². The molecule has 1 unspecified atom stereocenters. The molecular weight excluding hydrogens is 522 g/mol. The van der Waals surface area contributed by atoms with Gasteiger partial charge in [-0.05, 0) is 60.2 Å². The lowest BCUT2D eigenvalue weighted by Gasteiger charge is -2.18. The summed E-state index contributed by atoms with van der Waals surface area (Å²) in [4.78, 5) is 26.4. The Balaban J connectivity index is 1.46. The molecule has 4 aromatic carbocycles. The van der Waals surface area contributed by atoms with Gasteiger partial charge >= 0.3 is 0 Å². The first-order valence-corrected chi connectivity index (χ1v) is 13.9. The lowest BCUT2D eigenvalue weighted by molar-refractivity contribution is -0.118. The zero-order valence-electron chi connectivity index (χ0n) is 20.1. The standard InChI is InChI=1S/C28H25N3O5S2/c29-38(34,35)25-16-14-21(15-17-25)31-28(33)27(20-8-3-1-4-9-20)37-24-13-7-10-22(18-24)30-26(32)19-36-23-11-5-2-6-12-23/h1-18,27H,19H2,(H,30,32)(H,31,33)(H2,29,34,35). The number of sulfonamides is 1. The number of hydrogen-bond acceptors (Lipinski definition) is 6. The third kappa shape index (κ3) is 7.69. The zero-order valence-corrected chi connectivity index (χ0v) is 21.7. The third-order valence-electron chi connectivity index (χ3n) is 5.28. The van der Waals surface area contributed by atoms with Crippen LogP contribution in [0.5, 0.6) is 5.75 Å². The van der Waals surface area contributed by atoms with E-state index < -0.39 is 15.3 Å². The number of rotatable bonds is 10. The Kier molecular flexibility index (Phi) is 8.80. The predicted octanol–water partition coefficient (Wildman–Crippen LogP) is 4.82. The number of para-hydroxylation sites is 1. The number of anilines is 2. The number of ether oxygens (including phenoxy) is 1. The van der Waals surface area contributed by atoms with Gasteiger partial charge in [0.1, 0.15) is 11.0 Å². The highest BCUT2D eigenvalue weighted by molar-refractivity contribution is 8.00. The lowest BCUT2D eigenvalue weighted by Crippen LogP contribution is -2.20. The lowest BCUT2D eigenvalue weighted by atomic mass is 10.1. The van der Waals surface area contributed by atoms with Crippen LogP contribution < -0.4 is 20.5 Å². The van der Waals surface area contributed by atoms with Gasteiger partial charge in [0.25, 0.3) is 5.91 Å². The molecular formula is C28H25N3O5S2. The summed E-state index contributed by atoms with van der Waals surface area (Å²) >= 11 is 1.32. The molecule has 0 spiro atoms. The molecule has 1 atom stereocenters. The van der Waals surface area contributed by atoms with Crippen LogP contribution in [0.25, 0.3) is 0 Å². The van der Waals surface area contributed by atoms with E-state index in [9.17, 15) is 18.0 Å². The Labute approximate surface area is 225 Å². The van der Waals surface area contributed by atoms with Gasteiger partial charge < -0.3 is 15.4 Å². The first-order chi connectivity index (χ1) is 18.3. The van der Waals surface area contributed by atoms with E-state index in [1.807, 2.05) is 54.6 Å². The van der Waals surface area contributed by atoms with Crippen molar-refractivity contribution in [3.8, 4) is 5.75 Å². The highest BCUT2D eigenvalue weighted by atomic mass is 32.2. The number of benzene rings is 4. The maximum absolute atomic E-state index is 13.3. The van der Waals surface area contributed by atoms with E-state index in [0.717, 1.165) is 10.5 Å². The summed E-state index contributed by atoms with van der Waals surface area (Å²) in [5.41, 5.74) is 1.78. The van der Waals surface area contributed by atoms with Gasteiger partial charge in [-0.3, -0.25) is 9.59 Å². The topological polar surface area (TPSA) is 128 Å². The maximum Gasteiger partial charge on any atom is 0.262 e. The van der Waals surface area contributed by atoms with Crippen LogP contribution in [-0.2, 0) is 19.6 Å². The van der Waals surface area contributed by atoms with Gasteiger partial charge in [-0.25, -0.2) is 13.6 Å². The minimum atomic E-state index is -3.83. The molecule has 0 aliphatic carbocycles. The minimum absolute atomic E-state index is 0.0440. The Morgan fingerprint density at radius 2 is 1.45 bits per heavy atom. The summed E-state index contributed by atoms with van der Waals surface area (Å²) in [6, 6.07) is 31.2. The molecule has 38 heavy (non-hydrogen) atoms. The van der Waals surface area contributed by atoms with Crippen molar-refractivity contribution in [1.29, 1.82) is 0 Å². The maximum atomic E-state index is 13.3. The van der Waals surface area contributed by atoms with Crippen LogP contribution in [0.4, 0.5) is 11.4 Å². The third-order valence-corrected chi connectivity index (χ3v) is 7.45. The normalized spacial score (nSPS) is 11.8. The second-order valence-corrected chi connectivity index (χ2v) is 10.9. The van der Waals surface area contributed by atoms with E-state index in [4.69, 9.17) is 9.88 Å². The van der Waals surface area contributed by atoms with Gasteiger partial charge in [-0.15, -0.1) is 11.8 Å². The quantitative estimate of drug-likeness (QED) is 0.244. The number of primary sulfonamides is 1. The molecule has 0 aliphatic rings. The van der Waals surface area contributed by atoms with Gasteiger partial charge in [0.05, 0.1) is 4.90 Å². The SMILES string of the molecule is NS(=O)(=O)c1ccc(NC(=O)C(Sc2cccc(NC(=O)COc3ccccc3)c2)c2ccccc2)cc1. The van der Waals surface area contributed by atoms with Gasteiger partial charge in [0, 0.05) is 16.3 Å². The van der Waals surface area contributed by atoms with Crippen molar-refractivity contribution >= 4 is 45.0 Å². The largest absolute Gasteiger partial charge is 0.484 e. The van der Waals surface area contributed by atoms with E-state index >= 15 is 0 Å². The molecule has 2 amide bonds. The molecule has 0 heterocycles. The smallest absolute Gasteiger partial charge is 0.262 e. The summed E-state index contributed by atoms with van der Waals surface area (Å²) in [6.45, 7) is -0.138. The molecule has 0 saturated carbocycles.